The van der Waals surface area contributed by atoms with Gasteiger partial charge in [-0.3, -0.25) is 4.79 Å². The third kappa shape index (κ3) is 2.70. The van der Waals surface area contributed by atoms with Crippen molar-refractivity contribution >= 4 is 5.91 Å². The summed E-state index contributed by atoms with van der Waals surface area (Å²) in [5.41, 5.74) is 0.554. The summed E-state index contributed by atoms with van der Waals surface area (Å²) in [7, 11) is 0. The first-order valence-electron chi connectivity index (χ1n) is 7.56. The van der Waals surface area contributed by atoms with Gasteiger partial charge in [0.1, 0.15) is 13.2 Å². The molecule has 1 saturated heterocycles. The number of rotatable bonds is 2. The smallest absolute Gasteiger partial charge is 0.257 e. The Morgan fingerprint density at radius 2 is 2.19 bits per heavy atom. The molecule has 0 radical (unpaired) electrons. The van der Waals surface area contributed by atoms with Crippen molar-refractivity contribution in [2.45, 2.75) is 25.9 Å². The molecule has 2 aliphatic rings. The summed E-state index contributed by atoms with van der Waals surface area (Å²) in [4.78, 5) is 14.6. The molecule has 1 aromatic rings. The monoisotopic (exact) mass is 291 g/mol. The van der Waals surface area contributed by atoms with Crippen molar-refractivity contribution in [2.75, 3.05) is 26.3 Å². The fourth-order valence-corrected chi connectivity index (χ4v) is 3.02. The van der Waals surface area contributed by atoms with Crippen molar-refractivity contribution in [1.29, 1.82) is 0 Å². The molecule has 5 heteroatoms. The number of carbonyl (C=O) groups is 1. The third-order valence-electron chi connectivity index (χ3n) is 4.30. The van der Waals surface area contributed by atoms with Crippen molar-refractivity contribution in [1.82, 2.24) is 4.90 Å². The van der Waals surface area contributed by atoms with E-state index in [2.05, 4.69) is 0 Å². The van der Waals surface area contributed by atoms with Crippen molar-refractivity contribution < 1.29 is 19.4 Å². The van der Waals surface area contributed by atoms with E-state index in [-0.39, 0.29) is 17.9 Å². The molecule has 1 N–H and O–H groups in total. The molecule has 1 fully saturated rings. The molecule has 1 amide bonds. The first kappa shape index (κ1) is 14.2. The van der Waals surface area contributed by atoms with E-state index in [4.69, 9.17) is 9.47 Å². The Morgan fingerprint density at radius 3 is 3.00 bits per heavy atom. The summed E-state index contributed by atoms with van der Waals surface area (Å²) < 4.78 is 11.1. The minimum absolute atomic E-state index is 0.0392. The molecule has 2 heterocycles. The quantitative estimate of drug-likeness (QED) is 0.901. The number of hydrogen-bond acceptors (Lipinski definition) is 4. The standard InChI is InChI=1S/C16H21NO4/c1-2-11-10-17(7-6-13(11)18)16(19)12-4-3-5-14-15(12)21-9-8-20-14/h3-5,11,13,18H,2,6-10H2,1H3. The molecule has 0 spiro atoms. The molecule has 2 atom stereocenters. The second-order valence-corrected chi connectivity index (χ2v) is 5.61. The van der Waals surface area contributed by atoms with E-state index in [1.807, 2.05) is 24.0 Å². The number of hydrogen-bond donors (Lipinski definition) is 1. The molecule has 0 aliphatic carbocycles. The molecule has 0 aromatic heterocycles. The number of likely N-dealkylation sites (tertiary alicyclic amines) is 1. The lowest BCUT2D eigenvalue weighted by Gasteiger charge is -2.36. The highest BCUT2D eigenvalue weighted by molar-refractivity contribution is 5.98. The van der Waals surface area contributed by atoms with Gasteiger partial charge in [0.2, 0.25) is 0 Å². The lowest BCUT2D eigenvalue weighted by atomic mass is 9.92. The fourth-order valence-electron chi connectivity index (χ4n) is 3.02. The molecule has 2 aliphatic heterocycles. The molecule has 1 aromatic carbocycles. The van der Waals surface area contributed by atoms with Crippen LogP contribution in [0.3, 0.4) is 0 Å². The molecule has 0 saturated carbocycles. The number of ether oxygens (including phenoxy) is 2. The summed E-state index contributed by atoms with van der Waals surface area (Å²) >= 11 is 0. The summed E-state index contributed by atoms with van der Waals surface area (Å²) in [6, 6.07) is 5.42. The van der Waals surface area contributed by atoms with E-state index in [1.54, 1.807) is 6.07 Å². The van der Waals surface area contributed by atoms with Gasteiger partial charge < -0.3 is 19.5 Å². The van der Waals surface area contributed by atoms with E-state index in [9.17, 15) is 9.90 Å². The van der Waals surface area contributed by atoms with Gasteiger partial charge >= 0.3 is 0 Å². The number of nitrogens with zero attached hydrogens (tertiary/aromatic N) is 1. The summed E-state index contributed by atoms with van der Waals surface area (Å²) in [5.74, 6) is 1.30. The zero-order valence-corrected chi connectivity index (χ0v) is 12.2. The number of fused-ring (bicyclic) bond motifs is 1. The first-order chi connectivity index (χ1) is 10.2. The van der Waals surface area contributed by atoms with E-state index >= 15 is 0 Å². The molecule has 21 heavy (non-hydrogen) atoms. The minimum Gasteiger partial charge on any atom is -0.486 e. The van der Waals surface area contributed by atoms with Crippen LogP contribution in [0, 0.1) is 5.92 Å². The van der Waals surface area contributed by atoms with Crippen LogP contribution in [-0.4, -0.2) is 48.3 Å². The molecule has 2 unspecified atom stereocenters. The number of piperidine rings is 1. The maximum absolute atomic E-state index is 12.7. The van der Waals surface area contributed by atoms with Gasteiger partial charge in [-0.05, 0) is 25.0 Å². The van der Waals surface area contributed by atoms with Crippen LogP contribution in [0.25, 0.3) is 0 Å². The van der Waals surface area contributed by atoms with Gasteiger partial charge in [0, 0.05) is 19.0 Å². The van der Waals surface area contributed by atoms with Crippen LogP contribution in [0.4, 0.5) is 0 Å². The van der Waals surface area contributed by atoms with Crippen LogP contribution in [0.2, 0.25) is 0 Å². The van der Waals surface area contributed by atoms with Crippen molar-refractivity contribution in [3.05, 3.63) is 23.8 Å². The second kappa shape index (κ2) is 5.93. The van der Waals surface area contributed by atoms with E-state index in [1.165, 1.54) is 0 Å². The predicted molar refractivity (Wildman–Crippen MR) is 77.7 cm³/mol. The van der Waals surface area contributed by atoms with Gasteiger partial charge in [-0.2, -0.15) is 0 Å². The maximum Gasteiger partial charge on any atom is 0.257 e. The highest BCUT2D eigenvalue weighted by Gasteiger charge is 2.31. The Balaban J connectivity index is 1.82. The predicted octanol–water partition coefficient (Wildman–Crippen LogP) is 1.69. The summed E-state index contributed by atoms with van der Waals surface area (Å²) in [6.07, 6.45) is 1.21. The molecule has 114 valence electrons. The van der Waals surface area contributed by atoms with Crippen LogP contribution in [0.1, 0.15) is 30.1 Å². The Morgan fingerprint density at radius 1 is 1.38 bits per heavy atom. The highest BCUT2D eigenvalue weighted by Crippen LogP contribution is 2.35. The molecular weight excluding hydrogens is 270 g/mol. The van der Waals surface area contributed by atoms with Gasteiger partial charge in [0.05, 0.1) is 11.7 Å². The van der Waals surface area contributed by atoms with Crippen molar-refractivity contribution in [2.24, 2.45) is 5.92 Å². The van der Waals surface area contributed by atoms with Gasteiger partial charge in [-0.25, -0.2) is 0 Å². The lowest BCUT2D eigenvalue weighted by molar-refractivity contribution is 0.0225. The fraction of sp³-hybridized carbons (Fsp3) is 0.562. The summed E-state index contributed by atoms with van der Waals surface area (Å²) in [6.45, 7) is 4.21. The number of benzene rings is 1. The zero-order valence-electron chi connectivity index (χ0n) is 12.2. The van der Waals surface area contributed by atoms with Crippen LogP contribution in [0.15, 0.2) is 18.2 Å². The van der Waals surface area contributed by atoms with E-state index in [0.29, 0.717) is 49.8 Å². The third-order valence-corrected chi connectivity index (χ3v) is 4.30. The zero-order chi connectivity index (χ0) is 14.8. The molecular formula is C16H21NO4. The van der Waals surface area contributed by atoms with Gasteiger partial charge in [-0.1, -0.05) is 13.0 Å². The van der Waals surface area contributed by atoms with Crippen LogP contribution >= 0.6 is 0 Å². The highest BCUT2D eigenvalue weighted by atomic mass is 16.6. The lowest BCUT2D eigenvalue weighted by Crippen LogP contribution is -2.45. The number of aliphatic hydroxyl groups is 1. The maximum atomic E-state index is 12.7. The Labute approximate surface area is 124 Å². The molecule has 3 rings (SSSR count). The van der Waals surface area contributed by atoms with Crippen molar-refractivity contribution in [3.8, 4) is 11.5 Å². The first-order valence-corrected chi connectivity index (χ1v) is 7.56. The largest absolute Gasteiger partial charge is 0.486 e. The average molecular weight is 291 g/mol. The average Bonchev–Trinajstić information content (AvgIpc) is 2.54. The Bertz CT molecular complexity index is 531. The number of aliphatic hydroxyl groups excluding tert-OH is 1. The van der Waals surface area contributed by atoms with Crippen molar-refractivity contribution in [3.63, 3.8) is 0 Å². The molecule has 0 bridgehead atoms. The van der Waals surface area contributed by atoms with Crippen LogP contribution in [-0.2, 0) is 0 Å². The Kier molecular flexibility index (Phi) is 4.01. The van der Waals surface area contributed by atoms with Gasteiger partial charge in [0.15, 0.2) is 11.5 Å². The second-order valence-electron chi connectivity index (χ2n) is 5.61. The number of amides is 1. The van der Waals surface area contributed by atoms with Gasteiger partial charge in [-0.15, -0.1) is 0 Å². The SMILES string of the molecule is CCC1CN(C(=O)c2cccc3c2OCCO3)CCC1O. The normalized spacial score (nSPS) is 24.8. The minimum atomic E-state index is -0.302. The molecule has 5 nitrogen and oxygen atoms in total. The van der Waals surface area contributed by atoms with E-state index < -0.39 is 0 Å². The summed E-state index contributed by atoms with van der Waals surface area (Å²) in [5, 5.41) is 9.95. The number of para-hydroxylation sites is 1. The topological polar surface area (TPSA) is 59.0 Å². The van der Waals surface area contributed by atoms with Crippen LogP contribution in [0.5, 0.6) is 11.5 Å². The van der Waals surface area contributed by atoms with E-state index in [0.717, 1.165) is 6.42 Å². The number of carbonyl (C=O) groups excluding carboxylic acids is 1. The van der Waals surface area contributed by atoms with Crippen LogP contribution < -0.4 is 9.47 Å². The van der Waals surface area contributed by atoms with Gasteiger partial charge in [0.25, 0.3) is 5.91 Å². The Hall–Kier alpha value is -1.75.